The average Bonchev–Trinajstić information content (AvgIpc) is 3.27. The van der Waals surface area contributed by atoms with Crippen LogP contribution in [0.25, 0.3) is 17.0 Å². The van der Waals surface area contributed by atoms with Crippen molar-refractivity contribution in [3.05, 3.63) is 30.5 Å². The standard InChI is InChI=1S/C16H18FN5O3/c1-16(2)12(17)10(6-23)25-13(16)9-5-8(15-19-3-4-24-15)11-14(18)20-7-21-22(9)11/h3-5,7,10,12-13,23H,6H2,1-2H3,(H2,18,20,21)/t10-,12-,13+/m1/s1. The number of ether oxygens (including phenoxy) is 1. The van der Waals surface area contributed by atoms with Gasteiger partial charge in [-0.2, -0.15) is 5.10 Å². The fraction of sp³-hybridized carbons (Fsp3) is 0.438. The van der Waals surface area contributed by atoms with E-state index < -0.39 is 30.4 Å². The second-order valence-corrected chi connectivity index (χ2v) is 6.69. The summed E-state index contributed by atoms with van der Waals surface area (Å²) in [5.74, 6) is 0.609. The summed E-state index contributed by atoms with van der Waals surface area (Å²) in [5, 5.41) is 13.7. The van der Waals surface area contributed by atoms with Crippen LogP contribution >= 0.6 is 0 Å². The summed E-state index contributed by atoms with van der Waals surface area (Å²) < 4.78 is 27.4. The monoisotopic (exact) mass is 347 g/mol. The van der Waals surface area contributed by atoms with Gasteiger partial charge in [0.1, 0.15) is 36.5 Å². The van der Waals surface area contributed by atoms with Crippen LogP contribution in [0, 0.1) is 5.41 Å². The van der Waals surface area contributed by atoms with Gasteiger partial charge >= 0.3 is 0 Å². The Morgan fingerprint density at radius 3 is 2.84 bits per heavy atom. The summed E-state index contributed by atoms with van der Waals surface area (Å²) in [5.41, 5.74) is 6.87. The van der Waals surface area contributed by atoms with Gasteiger partial charge in [0, 0.05) is 5.41 Å². The van der Waals surface area contributed by atoms with E-state index in [1.807, 2.05) is 0 Å². The van der Waals surface area contributed by atoms with Crippen molar-refractivity contribution < 1.29 is 18.7 Å². The fourth-order valence-corrected chi connectivity index (χ4v) is 3.43. The molecule has 4 heterocycles. The molecule has 3 atom stereocenters. The molecule has 1 saturated heterocycles. The highest BCUT2D eigenvalue weighted by Gasteiger charge is 2.52. The summed E-state index contributed by atoms with van der Waals surface area (Å²) in [6.45, 7) is 3.12. The molecule has 0 aromatic carbocycles. The average molecular weight is 347 g/mol. The molecule has 0 aliphatic carbocycles. The number of aromatic nitrogens is 4. The third-order valence-corrected chi connectivity index (χ3v) is 4.75. The number of hydrogen-bond acceptors (Lipinski definition) is 7. The first-order valence-electron chi connectivity index (χ1n) is 7.87. The first-order chi connectivity index (χ1) is 11.9. The number of anilines is 1. The van der Waals surface area contributed by atoms with Gasteiger partial charge in [-0.1, -0.05) is 13.8 Å². The van der Waals surface area contributed by atoms with E-state index in [2.05, 4.69) is 15.1 Å². The van der Waals surface area contributed by atoms with E-state index in [9.17, 15) is 9.50 Å². The van der Waals surface area contributed by atoms with Crippen molar-refractivity contribution in [2.24, 2.45) is 5.41 Å². The van der Waals surface area contributed by atoms with Gasteiger partial charge in [-0.3, -0.25) is 0 Å². The number of halogens is 1. The van der Waals surface area contributed by atoms with Gasteiger partial charge in [-0.25, -0.2) is 18.9 Å². The van der Waals surface area contributed by atoms with Gasteiger partial charge in [-0.05, 0) is 6.07 Å². The van der Waals surface area contributed by atoms with E-state index in [0.29, 0.717) is 22.7 Å². The van der Waals surface area contributed by atoms with E-state index in [1.165, 1.54) is 18.8 Å². The van der Waals surface area contributed by atoms with E-state index >= 15 is 0 Å². The molecule has 0 amide bonds. The number of oxazole rings is 1. The minimum atomic E-state index is -1.32. The molecule has 8 nitrogen and oxygen atoms in total. The molecule has 25 heavy (non-hydrogen) atoms. The Kier molecular flexibility index (Phi) is 3.51. The Hall–Kier alpha value is -2.52. The number of hydrogen-bond donors (Lipinski definition) is 2. The second-order valence-electron chi connectivity index (χ2n) is 6.69. The Bertz CT molecular complexity index is 908. The number of nitrogens with two attached hydrogens (primary N) is 1. The summed E-state index contributed by atoms with van der Waals surface area (Å²) in [7, 11) is 0. The molecule has 0 unspecified atom stereocenters. The van der Waals surface area contributed by atoms with E-state index in [0.717, 1.165) is 0 Å². The molecule has 1 fully saturated rings. The smallest absolute Gasteiger partial charge is 0.228 e. The minimum absolute atomic E-state index is 0.251. The molecule has 132 valence electrons. The molecule has 0 bridgehead atoms. The predicted molar refractivity (Wildman–Crippen MR) is 86.3 cm³/mol. The van der Waals surface area contributed by atoms with Crippen LogP contribution in [0.5, 0.6) is 0 Å². The van der Waals surface area contributed by atoms with Crippen LogP contribution in [0.4, 0.5) is 10.2 Å². The van der Waals surface area contributed by atoms with Crippen molar-refractivity contribution in [1.29, 1.82) is 0 Å². The minimum Gasteiger partial charge on any atom is -0.444 e. The summed E-state index contributed by atoms with van der Waals surface area (Å²) in [6.07, 6.45) is 1.45. The molecule has 1 aliphatic rings. The van der Waals surface area contributed by atoms with E-state index in [1.54, 1.807) is 24.4 Å². The third kappa shape index (κ3) is 2.23. The number of alkyl halides is 1. The van der Waals surface area contributed by atoms with Crippen LogP contribution in [-0.4, -0.2) is 43.6 Å². The van der Waals surface area contributed by atoms with Crippen LogP contribution in [0.1, 0.15) is 25.6 Å². The highest BCUT2D eigenvalue weighted by molar-refractivity contribution is 5.85. The normalized spacial score (nSPS) is 25.7. The predicted octanol–water partition coefficient (Wildman–Crippen LogP) is 1.76. The van der Waals surface area contributed by atoms with Crippen LogP contribution in [0.2, 0.25) is 0 Å². The number of aliphatic hydroxyl groups is 1. The van der Waals surface area contributed by atoms with Crippen molar-refractivity contribution in [3.8, 4) is 11.5 Å². The molecule has 0 radical (unpaired) electrons. The van der Waals surface area contributed by atoms with Crippen molar-refractivity contribution in [1.82, 2.24) is 19.6 Å². The van der Waals surface area contributed by atoms with Crippen LogP contribution in [0.15, 0.2) is 29.3 Å². The SMILES string of the molecule is CC1(C)[C@H](F)[C@@H](CO)O[C@H]1c1cc(-c2ncco2)c2c(N)ncnn12. The Morgan fingerprint density at radius 1 is 1.40 bits per heavy atom. The molecule has 4 rings (SSSR count). The summed E-state index contributed by atoms with van der Waals surface area (Å²) in [4.78, 5) is 8.18. The highest BCUT2D eigenvalue weighted by atomic mass is 19.1. The lowest BCUT2D eigenvalue weighted by Crippen LogP contribution is -2.31. The zero-order valence-corrected chi connectivity index (χ0v) is 13.8. The maximum Gasteiger partial charge on any atom is 0.228 e. The largest absolute Gasteiger partial charge is 0.444 e. The number of aliphatic hydroxyl groups excluding tert-OH is 1. The van der Waals surface area contributed by atoms with Gasteiger partial charge in [0.05, 0.1) is 24.1 Å². The van der Waals surface area contributed by atoms with Gasteiger partial charge in [0.2, 0.25) is 5.89 Å². The first kappa shape index (κ1) is 16.0. The number of nitrogen functional groups attached to an aromatic ring is 1. The van der Waals surface area contributed by atoms with Crippen molar-refractivity contribution in [3.63, 3.8) is 0 Å². The fourth-order valence-electron chi connectivity index (χ4n) is 3.43. The second kappa shape index (κ2) is 5.50. The van der Waals surface area contributed by atoms with Gasteiger partial charge in [-0.15, -0.1) is 0 Å². The van der Waals surface area contributed by atoms with Crippen molar-refractivity contribution in [2.45, 2.75) is 32.2 Å². The molecule has 3 aromatic rings. The Labute approximate surface area is 142 Å². The topological polar surface area (TPSA) is 112 Å². The number of rotatable bonds is 3. The van der Waals surface area contributed by atoms with E-state index in [4.69, 9.17) is 14.9 Å². The van der Waals surface area contributed by atoms with Crippen molar-refractivity contribution in [2.75, 3.05) is 12.3 Å². The lowest BCUT2D eigenvalue weighted by molar-refractivity contribution is -0.0142. The first-order valence-corrected chi connectivity index (χ1v) is 7.87. The highest BCUT2D eigenvalue weighted by Crippen LogP contribution is 2.50. The van der Waals surface area contributed by atoms with Gasteiger partial charge < -0.3 is 20.0 Å². The maximum absolute atomic E-state index is 14.7. The summed E-state index contributed by atoms with van der Waals surface area (Å²) >= 11 is 0. The lowest BCUT2D eigenvalue weighted by atomic mass is 9.81. The third-order valence-electron chi connectivity index (χ3n) is 4.75. The van der Waals surface area contributed by atoms with E-state index in [-0.39, 0.29) is 5.82 Å². The maximum atomic E-state index is 14.7. The molecule has 0 saturated carbocycles. The number of nitrogens with zero attached hydrogens (tertiary/aromatic N) is 4. The Balaban J connectivity index is 1.93. The Morgan fingerprint density at radius 2 is 2.20 bits per heavy atom. The molecule has 1 aliphatic heterocycles. The quantitative estimate of drug-likeness (QED) is 0.742. The van der Waals surface area contributed by atoms with Crippen molar-refractivity contribution >= 4 is 11.3 Å². The molecule has 9 heteroatoms. The van der Waals surface area contributed by atoms with Gasteiger partial charge in [0.15, 0.2) is 5.82 Å². The van der Waals surface area contributed by atoms with Gasteiger partial charge in [0.25, 0.3) is 0 Å². The van der Waals surface area contributed by atoms with Crippen LogP contribution < -0.4 is 5.73 Å². The number of fused-ring (bicyclic) bond motifs is 1. The lowest BCUT2D eigenvalue weighted by Gasteiger charge is -2.26. The molecule has 3 N–H and O–H groups in total. The summed E-state index contributed by atoms with van der Waals surface area (Å²) in [6, 6.07) is 1.77. The molecule has 3 aromatic heterocycles. The van der Waals surface area contributed by atoms with Crippen LogP contribution in [-0.2, 0) is 4.74 Å². The molecule has 0 spiro atoms. The molecular formula is C16H18FN5O3. The molecular weight excluding hydrogens is 329 g/mol. The van der Waals surface area contributed by atoms with Crippen LogP contribution in [0.3, 0.4) is 0 Å². The zero-order valence-electron chi connectivity index (χ0n) is 13.8. The zero-order chi connectivity index (χ0) is 17.8.